The van der Waals surface area contributed by atoms with Gasteiger partial charge in [0.1, 0.15) is 0 Å². The third-order valence-corrected chi connectivity index (χ3v) is 14.9. The molecule has 1 aliphatic carbocycles. The van der Waals surface area contributed by atoms with Gasteiger partial charge in [-0.15, -0.1) is 0 Å². The van der Waals surface area contributed by atoms with Gasteiger partial charge in [-0.3, -0.25) is 0 Å². The number of benzene rings is 3. The predicted molar refractivity (Wildman–Crippen MR) is 219 cm³/mol. The van der Waals surface area contributed by atoms with E-state index < -0.39 is 5.06 Å². The van der Waals surface area contributed by atoms with Gasteiger partial charge in [-0.1, -0.05) is 106 Å². The van der Waals surface area contributed by atoms with Gasteiger partial charge in [0, 0.05) is 78.7 Å². The van der Waals surface area contributed by atoms with Crippen molar-refractivity contribution in [3.05, 3.63) is 119 Å². The van der Waals surface area contributed by atoms with Crippen molar-refractivity contribution in [1.29, 1.82) is 0 Å². The molecule has 0 radical (unpaired) electrons. The van der Waals surface area contributed by atoms with Gasteiger partial charge in [-0.2, -0.15) is 0 Å². The lowest BCUT2D eigenvalue weighted by Crippen LogP contribution is -2.36. The number of para-hydroxylation sites is 1. The molecule has 10 heteroatoms. The number of thioether (sulfide) groups is 2. The minimum absolute atomic E-state index is 0.378. The lowest BCUT2D eigenvalue weighted by atomic mass is 10.1. The van der Waals surface area contributed by atoms with Crippen LogP contribution in [0.25, 0.3) is 12.2 Å². The molecule has 260 valence electrons. The third kappa shape index (κ3) is 6.99. The van der Waals surface area contributed by atoms with Crippen molar-refractivity contribution in [1.82, 2.24) is 4.90 Å². The highest BCUT2D eigenvalue weighted by Crippen LogP contribution is 2.54. The maximum atomic E-state index is 6.30. The largest absolute Gasteiger partial charge is 0.374 e. The topological polar surface area (TPSA) is 31.4 Å². The molecule has 2 atom stereocenters. The minimum atomic E-state index is -0.428. The summed E-state index contributed by atoms with van der Waals surface area (Å²) in [7, 11) is 8.29. The Balaban J connectivity index is 0.748. The number of nitrogens with zero attached hydrogens (tertiary/aromatic N) is 4. The van der Waals surface area contributed by atoms with Crippen LogP contribution >= 0.6 is 45.1 Å². The Morgan fingerprint density at radius 1 is 0.740 bits per heavy atom. The summed E-state index contributed by atoms with van der Waals surface area (Å²) >= 11 is 3.65. The molecule has 2 unspecified atom stereocenters. The average Bonchev–Trinajstić information content (AvgIpc) is 3.90. The molecule has 3 aromatic carbocycles. The first-order chi connectivity index (χ1) is 24.5. The molecule has 0 bridgehead atoms. The van der Waals surface area contributed by atoms with E-state index in [1.54, 1.807) is 11.8 Å². The number of hydrogen-bond acceptors (Lipinski definition) is 10. The van der Waals surface area contributed by atoms with Crippen LogP contribution in [0, 0.1) is 0 Å². The standard InChI is InChI=1S/C40H44N4O2S4/c1-41(33-15-11-31(12-16-33)19-21-39-43(23-27-45-39)35-7-3-5-9-37(35)49-39)25-29-47-48-30-26-42(2)34-17-13-32(14-18-34)20-22-40-44(24-28-46-40)36-8-4-6-10-38(36)50-40/h3,5-7,9-22H,4,8,23-30H2,1-2H3/b21-19+,22-20+. The van der Waals surface area contributed by atoms with Crippen molar-refractivity contribution in [3.8, 4) is 0 Å². The second-order valence-electron chi connectivity index (χ2n) is 13.0. The highest BCUT2D eigenvalue weighted by Gasteiger charge is 2.49. The molecule has 6 nitrogen and oxygen atoms in total. The molecule has 2 saturated heterocycles. The van der Waals surface area contributed by atoms with E-state index in [1.807, 2.05) is 33.3 Å². The number of anilines is 3. The fourth-order valence-electron chi connectivity index (χ4n) is 7.04. The van der Waals surface area contributed by atoms with E-state index in [2.05, 4.69) is 143 Å². The molecule has 3 aromatic rings. The minimum Gasteiger partial charge on any atom is -0.374 e. The second-order valence-corrected chi connectivity index (χ2v) is 18.2. The van der Waals surface area contributed by atoms with E-state index in [-0.39, 0.29) is 5.06 Å². The van der Waals surface area contributed by atoms with Gasteiger partial charge in [0.2, 0.25) is 10.1 Å². The molecule has 50 heavy (non-hydrogen) atoms. The summed E-state index contributed by atoms with van der Waals surface area (Å²) in [5.41, 5.74) is 7.62. The van der Waals surface area contributed by atoms with E-state index in [4.69, 9.17) is 9.47 Å². The van der Waals surface area contributed by atoms with Crippen molar-refractivity contribution >= 4 is 74.3 Å². The third-order valence-electron chi connectivity index (χ3n) is 9.84. The Hall–Kier alpha value is -2.86. The van der Waals surface area contributed by atoms with Crippen LogP contribution in [0.15, 0.2) is 113 Å². The van der Waals surface area contributed by atoms with Crippen molar-refractivity contribution in [2.45, 2.75) is 27.9 Å². The van der Waals surface area contributed by atoms with Crippen LogP contribution in [-0.2, 0) is 9.47 Å². The van der Waals surface area contributed by atoms with E-state index in [1.165, 1.54) is 43.7 Å². The number of ether oxygens (including phenoxy) is 2. The molecule has 5 aliphatic rings. The highest BCUT2D eigenvalue weighted by atomic mass is 33.1. The molecular formula is C40H44N4O2S4. The zero-order chi connectivity index (χ0) is 34.0. The van der Waals surface area contributed by atoms with Crippen LogP contribution in [0.4, 0.5) is 17.1 Å². The van der Waals surface area contributed by atoms with Crippen LogP contribution in [0.1, 0.15) is 24.0 Å². The van der Waals surface area contributed by atoms with E-state index in [9.17, 15) is 0 Å². The molecule has 0 spiro atoms. The van der Waals surface area contributed by atoms with Gasteiger partial charge >= 0.3 is 0 Å². The van der Waals surface area contributed by atoms with E-state index >= 15 is 0 Å². The van der Waals surface area contributed by atoms with E-state index in [0.717, 1.165) is 63.7 Å². The van der Waals surface area contributed by atoms with Gasteiger partial charge in [0.15, 0.2) is 0 Å². The Bertz CT molecular complexity index is 1800. The molecule has 4 aliphatic heterocycles. The van der Waals surface area contributed by atoms with Crippen LogP contribution in [0.5, 0.6) is 0 Å². The van der Waals surface area contributed by atoms with Crippen LogP contribution in [-0.4, -0.2) is 80.0 Å². The number of hydrogen-bond donors (Lipinski definition) is 0. The number of rotatable bonds is 13. The monoisotopic (exact) mass is 740 g/mol. The van der Waals surface area contributed by atoms with Crippen LogP contribution in [0.3, 0.4) is 0 Å². The first kappa shape index (κ1) is 34.2. The second kappa shape index (κ2) is 15.0. The lowest BCUT2D eigenvalue weighted by Gasteiger charge is -2.29. The van der Waals surface area contributed by atoms with Crippen molar-refractivity contribution in [2.75, 3.05) is 79.7 Å². The van der Waals surface area contributed by atoms with Crippen LogP contribution in [0.2, 0.25) is 0 Å². The molecule has 0 aromatic heterocycles. The Kier molecular flexibility index (Phi) is 10.3. The van der Waals surface area contributed by atoms with Gasteiger partial charge in [-0.25, -0.2) is 0 Å². The fourth-order valence-corrected chi connectivity index (χ4v) is 11.8. The summed E-state index contributed by atoms with van der Waals surface area (Å²) in [4.78, 5) is 12.2. The highest BCUT2D eigenvalue weighted by molar-refractivity contribution is 8.76. The summed E-state index contributed by atoms with van der Waals surface area (Å²) in [6.07, 6.45) is 15.7. The lowest BCUT2D eigenvalue weighted by molar-refractivity contribution is 0.0611. The molecular weight excluding hydrogens is 697 g/mol. The normalized spacial score (nSPS) is 23.6. The predicted octanol–water partition coefficient (Wildman–Crippen LogP) is 9.26. The zero-order valence-electron chi connectivity index (χ0n) is 28.7. The van der Waals surface area contributed by atoms with E-state index in [0.29, 0.717) is 0 Å². The Labute approximate surface area is 313 Å². The number of fused-ring (bicyclic) bond motifs is 5. The van der Waals surface area contributed by atoms with Crippen LogP contribution < -0.4 is 14.7 Å². The van der Waals surface area contributed by atoms with Gasteiger partial charge < -0.3 is 29.1 Å². The first-order valence-corrected chi connectivity index (χ1v) is 21.6. The smallest absolute Gasteiger partial charge is 0.214 e. The van der Waals surface area contributed by atoms with Gasteiger partial charge in [0.25, 0.3) is 0 Å². The fraction of sp³-hybridized carbons (Fsp3) is 0.350. The molecule has 0 saturated carbocycles. The maximum absolute atomic E-state index is 6.30. The number of allylic oxidation sites excluding steroid dienone is 3. The summed E-state index contributed by atoms with van der Waals surface area (Å²) in [6.45, 7) is 5.45. The SMILES string of the molecule is CN(CCSSCCN(C)c1ccc(/C=C/C23OCCN2c2ccccc2S3)cc1)c1ccc(/C=C/C23OCCN2C2=C(C=CCC2)S3)cc1. The summed E-state index contributed by atoms with van der Waals surface area (Å²) in [5, 5.41) is -0.805. The molecule has 0 N–H and O–H groups in total. The summed E-state index contributed by atoms with van der Waals surface area (Å²) < 4.78 is 12.6. The van der Waals surface area contributed by atoms with Crippen molar-refractivity contribution in [3.63, 3.8) is 0 Å². The van der Waals surface area contributed by atoms with Crippen molar-refractivity contribution in [2.24, 2.45) is 0 Å². The first-order valence-electron chi connectivity index (χ1n) is 17.5. The van der Waals surface area contributed by atoms with Gasteiger partial charge in [-0.05, 0) is 72.5 Å². The van der Waals surface area contributed by atoms with Gasteiger partial charge in [0.05, 0.1) is 18.9 Å². The molecule has 0 amide bonds. The quantitative estimate of drug-likeness (QED) is 0.125. The zero-order valence-corrected chi connectivity index (χ0v) is 32.0. The van der Waals surface area contributed by atoms with Crippen molar-refractivity contribution < 1.29 is 9.47 Å². The summed E-state index contributed by atoms with van der Waals surface area (Å²) in [6, 6.07) is 26.4. The molecule has 2 fully saturated rings. The molecule has 8 rings (SSSR count). The maximum Gasteiger partial charge on any atom is 0.214 e. The Morgan fingerprint density at radius 3 is 1.96 bits per heavy atom. The summed E-state index contributed by atoms with van der Waals surface area (Å²) in [5.74, 6) is 2.16. The Morgan fingerprint density at radius 2 is 1.32 bits per heavy atom. The average molecular weight is 741 g/mol. The molecule has 4 heterocycles.